The molecule has 10 nitrogen and oxygen atoms in total. The summed E-state index contributed by atoms with van der Waals surface area (Å²) in [7, 11) is -3.82. The molecule has 11 heteroatoms. The molecule has 1 aromatic carbocycles. The minimum atomic E-state index is -3.82. The van der Waals surface area contributed by atoms with Crippen LogP contribution in [0, 0.1) is 5.92 Å². The molecule has 2 fully saturated rings. The molecule has 4 rings (SSSR count). The van der Waals surface area contributed by atoms with Crippen molar-refractivity contribution in [3.63, 3.8) is 0 Å². The highest BCUT2D eigenvalue weighted by molar-refractivity contribution is 7.90. The van der Waals surface area contributed by atoms with Gasteiger partial charge in [-0.15, -0.1) is 0 Å². The minimum absolute atomic E-state index is 0.0220. The number of nitrogens with zero attached hydrogens (tertiary/aromatic N) is 2. The van der Waals surface area contributed by atoms with E-state index in [0.29, 0.717) is 18.8 Å². The van der Waals surface area contributed by atoms with E-state index in [1.165, 1.54) is 24.3 Å². The fourth-order valence-electron chi connectivity index (χ4n) is 3.72. The van der Waals surface area contributed by atoms with Crippen LogP contribution in [0.2, 0.25) is 0 Å². The Balaban J connectivity index is 1.42. The molecular formula is C19H23N5O5S. The van der Waals surface area contributed by atoms with Gasteiger partial charge >= 0.3 is 6.03 Å². The van der Waals surface area contributed by atoms with Gasteiger partial charge in [-0.1, -0.05) is 6.07 Å². The second-order valence-corrected chi connectivity index (χ2v) is 9.59. The van der Waals surface area contributed by atoms with Crippen molar-refractivity contribution in [1.82, 2.24) is 14.9 Å². The molecule has 0 bridgehead atoms. The Labute approximate surface area is 174 Å². The summed E-state index contributed by atoms with van der Waals surface area (Å²) in [6.07, 6.45) is 3.10. The molecule has 0 aromatic heterocycles. The summed E-state index contributed by atoms with van der Waals surface area (Å²) in [5, 5.41) is 5.24. The van der Waals surface area contributed by atoms with Gasteiger partial charge in [-0.2, -0.15) is 0 Å². The molecule has 1 aromatic rings. The van der Waals surface area contributed by atoms with Gasteiger partial charge in [0.15, 0.2) is 0 Å². The Morgan fingerprint density at radius 3 is 2.77 bits per heavy atom. The molecule has 1 atom stereocenters. The molecule has 2 heterocycles. The third kappa shape index (κ3) is 3.89. The van der Waals surface area contributed by atoms with Crippen molar-refractivity contribution < 1.29 is 22.8 Å². The second-order valence-electron chi connectivity index (χ2n) is 7.91. The standard InChI is InChI=1S/C19H23N5O5S/c1-19(12-7-8-12)17(26)24(18(27)22-19)11-16(25)21-13-4-2-5-14(10-13)30(28,29)23-15-6-3-9-20-15/h2,4-5,10,12H,3,6-9,11H2,1H3,(H,20,23)(H,21,25)(H,22,27)/t19-/m1/s1. The molecule has 0 unspecified atom stereocenters. The first-order valence-electron chi connectivity index (χ1n) is 9.79. The molecule has 0 spiro atoms. The molecule has 30 heavy (non-hydrogen) atoms. The van der Waals surface area contributed by atoms with Gasteiger partial charge in [-0.3, -0.25) is 24.2 Å². The topological polar surface area (TPSA) is 137 Å². The third-order valence-corrected chi connectivity index (χ3v) is 6.93. The van der Waals surface area contributed by atoms with Crippen LogP contribution in [0.1, 0.15) is 32.6 Å². The number of urea groups is 1. The van der Waals surface area contributed by atoms with E-state index < -0.39 is 40.0 Å². The van der Waals surface area contributed by atoms with Crippen molar-refractivity contribution in [2.75, 3.05) is 18.4 Å². The Morgan fingerprint density at radius 1 is 1.33 bits per heavy atom. The summed E-state index contributed by atoms with van der Waals surface area (Å²) in [6, 6.07) is 5.16. The fourth-order valence-corrected chi connectivity index (χ4v) is 4.85. The van der Waals surface area contributed by atoms with E-state index in [9.17, 15) is 22.8 Å². The molecule has 1 aliphatic carbocycles. The number of hydrogen-bond acceptors (Lipinski definition) is 6. The van der Waals surface area contributed by atoms with E-state index in [-0.39, 0.29) is 16.5 Å². The largest absolute Gasteiger partial charge is 0.325 e. The first-order chi connectivity index (χ1) is 14.2. The van der Waals surface area contributed by atoms with Crippen LogP contribution >= 0.6 is 0 Å². The number of imide groups is 1. The van der Waals surface area contributed by atoms with Crippen LogP contribution in [-0.2, 0) is 19.6 Å². The number of nitrogens with one attached hydrogen (secondary N) is 3. The van der Waals surface area contributed by atoms with Crippen molar-refractivity contribution in [3.8, 4) is 0 Å². The first-order valence-corrected chi connectivity index (χ1v) is 11.3. The maximum atomic E-state index is 12.6. The molecule has 1 saturated heterocycles. The number of amides is 4. The zero-order valence-electron chi connectivity index (χ0n) is 16.5. The van der Waals surface area contributed by atoms with Gasteiger partial charge in [0, 0.05) is 18.7 Å². The van der Waals surface area contributed by atoms with Crippen molar-refractivity contribution in [2.45, 2.75) is 43.0 Å². The predicted octanol–water partition coefficient (Wildman–Crippen LogP) is 0.816. The summed E-state index contributed by atoms with van der Waals surface area (Å²) < 4.78 is 27.5. The average molecular weight is 433 g/mol. The van der Waals surface area contributed by atoms with Crippen LogP contribution < -0.4 is 15.4 Å². The van der Waals surface area contributed by atoms with E-state index in [2.05, 4.69) is 20.3 Å². The third-order valence-electron chi connectivity index (χ3n) is 5.55. The molecule has 1 saturated carbocycles. The number of carbonyl (C=O) groups excluding carboxylic acids is 3. The zero-order valence-corrected chi connectivity index (χ0v) is 17.3. The van der Waals surface area contributed by atoms with Crippen molar-refractivity contribution in [1.29, 1.82) is 0 Å². The first kappa shape index (κ1) is 20.3. The number of carbonyl (C=O) groups is 3. The van der Waals surface area contributed by atoms with E-state index in [4.69, 9.17) is 0 Å². The van der Waals surface area contributed by atoms with Crippen molar-refractivity contribution >= 4 is 39.4 Å². The van der Waals surface area contributed by atoms with E-state index in [0.717, 1.165) is 24.2 Å². The molecular weight excluding hydrogens is 410 g/mol. The van der Waals surface area contributed by atoms with Crippen molar-refractivity contribution in [2.24, 2.45) is 10.9 Å². The van der Waals surface area contributed by atoms with Crippen LogP contribution in [-0.4, -0.2) is 55.6 Å². The SMILES string of the molecule is C[C@]1(C2CC2)NC(=O)N(CC(=O)Nc2cccc(S(=O)(=O)NC3=NCCC3)c2)C1=O. The number of hydrogen-bond donors (Lipinski definition) is 3. The smallest absolute Gasteiger partial charge is 0.324 e. The predicted molar refractivity (Wildman–Crippen MR) is 108 cm³/mol. The molecule has 3 aliphatic rings. The highest BCUT2D eigenvalue weighted by Gasteiger charge is 2.56. The monoisotopic (exact) mass is 433 g/mol. The molecule has 2 aliphatic heterocycles. The van der Waals surface area contributed by atoms with Crippen LogP contribution in [0.5, 0.6) is 0 Å². The van der Waals surface area contributed by atoms with Gasteiger partial charge in [0.1, 0.15) is 17.9 Å². The Hall–Kier alpha value is -2.95. The number of aliphatic imine (C=N–C) groups is 1. The lowest BCUT2D eigenvalue weighted by molar-refractivity contribution is -0.134. The lowest BCUT2D eigenvalue weighted by Gasteiger charge is -2.20. The average Bonchev–Trinajstić information content (AvgIpc) is 3.39. The van der Waals surface area contributed by atoms with Crippen LogP contribution in [0.25, 0.3) is 0 Å². The lowest BCUT2D eigenvalue weighted by Crippen LogP contribution is -2.46. The van der Waals surface area contributed by atoms with Gasteiger partial charge in [0.25, 0.3) is 15.9 Å². The van der Waals surface area contributed by atoms with Gasteiger partial charge in [0.2, 0.25) is 5.91 Å². The quantitative estimate of drug-likeness (QED) is 0.571. The zero-order chi connectivity index (χ0) is 21.5. The molecule has 3 N–H and O–H groups in total. The van der Waals surface area contributed by atoms with E-state index in [1.54, 1.807) is 6.92 Å². The van der Waals surface area contributed by atoms with E-state index >= 15 is 0 Å². The summed E-state index contributed by atoms with van der Waals surface area (Å²) in [5.74, 6) is -0.494. The molecule has 4 amide bonds. The van der Waals surface area contributed by atoms with Gasteiger partial charge < -0.3 is 10.6 Å². The van der Waals surface area contributed by atoms with Gasteiger partial charge in [-0.05, 0) is 50.3 Å². The Morgan fingerprint density at radius 2 is 2.10 bits per heavy atom. The highest BCUT2D eigenvalue weighted by atomic mass is 32.2. The number of rotatable bonds is 6. The summed E-state index contributed by atoms with van der Waals surface area (Å²) in [5.41, 5.74) is -0.715. The maximum Gasteiger partial charge on any atom is 0.325 e. The maximum absolute atomic E-state index is 12.6. The van der Waals surface area contributed by atoms with Gasteiger partial charge in [0.05, 0.1) is 4.90 Å². The Bertz CT molecular complexity index is 1050. The van der Waals surface area contributed by atoms with Crippen LogP contribution in [0.4, 0.5) is 10.5 Å². The van der Waals surface area contributed by atoms with Crippen LogP contribution in [0.3, 0.4) is 0 Å². The molecule has 0 radical (unpaired) electrons. The summed E-state index contributed by atoms with van der Waals surface area (Å²) in [4.78, 5) is 42.2. The summed E-state index contributed by atoms with van der Waals surface area (Å²) >= 11 is 0. The number of anilines is 1. The number of benzene rings is 1. The fraction of sp³-hybridized carbons (Fsp3) is 0.474. The number of amidine groups is 1. The summed E-state index contributed by atoms with van der Waals surface area (Å²) in [6.45, 7) is 1.83. The molecule has 160 valence electrons. The van der Waals surface area contributed by atoms with Gasteiger partial charge in [-0.25, -0.2) is 13.2 Å². The Kier molecular flexibility index (Phi) is 5.00. The van der Waals surface area contributed by atoms with E-state index in [1.807, 2.05) is 0 Å². The van der Waals surface area contributed by atoms with Crippen molar-refractivity contribution in [3.05, 3.63) is 24.3 Å². The highest BCUT2D eigenvalue weighted by Crippen LogP contribution is 2.42. The lowest BCUT2D eigenvalue weighted by atomic mass is 9.96. The second kappa shape index (κ2) is 7.38. The normalized spacial score (nSPS) is 23.9. The minimum Gasteiger partial charge on any atom is -0.324 e. The number of sulfonamides is 1. The van der Waals surface area contributed by atoms with Crippen LogP contribution in [0.15, 0.2) is 34.2 Å².